The number of hydrogen-bond acceptors (Lipinski definition) is 4. The highest BCUT2D eigenvalue weighted by Crippen LogP contribution is 2.21. The van der Waals surface area contributed by atoms with Crippen LogP contribution in [0.2, 0.25) is 0 Å². The molecule has 0 radical (unpaired) electrons. The molecule has 0 saturated heterocycles. The van der Waals surface area contributed by atoms with E-state index in [4.69, 9.17) is 5.11 Å². The number of aliphatic hydroxyl groups is 1. The van der Waals surface area contributed by atoms with Gasteiger partial charge in [-0.25, -0.2) is 4.98 Å². The molecule has 4 nitrogen and oxygen atoms in total. The molecule has 5 heteroatoms. The highest BCUT2D eigenvalue weighted by Gasteiger charge is 2.19. The predicted octanol–water partition coefficient (Wildman–Crippen LogP) is 0.311. The number of aryl methyl sites for hydroxylation is 1. The summed E-state index contributed by atoms with van der Waals surface area (Å²) in [6.45, 7) is 0.640. The van der Waals surface area contributed by atoms with Gasteiger partial charge >= 0.3 is 0 Å². The van der Waals surface area contributed by atoms with Crippen molar-refractivity contribution in [3.05, 3.63) is 15.6 Å². The number of hydrogen-bond donors (Lipinski definition) is 2. The lowest BCUT2D eigenvalue weighted by Crippen LogP contribution is -2.21. The summed E-state index contributed by atoms with van der Waals surface area (Å²) in [6.07, 6.45) is 1.75. The molecule has 13 heavy (non-hydrogen) atoms. The first-order valence-corrected chi connectivity index (χ1v) is 5.00. The van der Waals surface area contributed by atoms with Crippen molar-refractivity contribution < 1.29 is 9.90 Å². The lowest BCUT2D eigenvalue weighted by Gasteiger charge is -1.95. The van der Waals surface area contributed by atoms with Gasteiger partial charge in [-0.15, -0.1) is 11.3 Å². The van der Waals surface area contributed by atoms with Gasteiger partial charge in [-0.2, -0.15) is 0 Å². The van der Waals surface area contributed by atoms with Gasteiger partial charge in [0.1, 0.15) is 9.88 Å². The number of fused-ring (bicyclic) bond motifs is 1. The molecule has 70 valence electrons. The summed E-state index contributed by atoms with van der Waals surface area (Å²) in [5, 5.41) is 12.3. The maximum absolute atomic E-state index is 11.4. The van der Waals surface area contributed by atoms with E-state index in [1.165, 1.54) is 11.3 Å². The van der Waals surface area contributed by atoms with Gasteiger partial charge in [0.15, 0.2) is 0 Å². The van der Waals surface area contributed by atoms with Crippen molar-refractivity contribution in [1.82, 2.24) is 10.3 Å². The van der Waals surface area contributed by atoms with Crippen LogP contribution in [0, 0.1) is 0 Å². The Morgan fingerprint density at radius 2 is 2.46 bits per heavy atom. The Morgan fingerprint density at radius 1 is 1.62 bits per heavy atom. The van der Waals surface area contributed by atoms with Crippen LogP contribution < -0.4 is 5.32 Å². The van der Waals surface area contributed by atoms with Gasteiger partial charge in [0, 0.05) is 6.54 Å². The average molecular weight is 198 g/mol. The zero-order valence-corrected chi connectivity index (χ0v) is 7.86. The van der Waals surface area contributed by atoms with Crippen molar-refractivity contribution in [2.45, 2.75) is 19.4 Å². The average Bonchev–Trinajstić information content (AvgIpc) is 2.48. The molecule has 0 spiro atoms. The fraction of sp³-hybridized carbons (Fsp3) is 0.500. The summed E-state index contributed by atoms with van der Waals surface area (Å²) in [6, 6.07) is 0. The van der Waals surface area contributed by atoms with E-state index in [9.17, 15) is 4.79 Å². The molecule has 1 aliphatic rings. The third-order valence-electron chi connectivity index (χ3n) is 1.96. The maximum atomic E-state index is 11.4. The van der Waals surface area contributed by atoms with E-state index in [2.05, 4.69) is 10.3 Å². The Kier molecular flexibility index (Phi) is 2.28. The molecule has 1 aliphatic heterocycles. The maximum Gasteiger partial charge on any atom is 0.263 e. The van der Waals surface area contributed by atoms with Gasteiger partial charge in [-0.3, -0.25) is 4.79 Å². The quantitative estimate of drug-likeness (QED) is 0.682. The third kappa shape index (κ3) is 1.57. The second-order valence-electron chi connectivity index (χ2n) is 2.90. The fourth-order valence-corrected chi connectivity index (χ4v) is 2.24. The van der Waals surface area contributed by atoms with Crippen LogP contribution in [0.4, 0.5) is 0 Å². The highest BCUT2D eigenvalue weighted by molar-refractivity contribution is 7.13. The molecular formula is C8H10N2O2S. The topological polar surface area (TPSA) is 62.2 Å². The van der Waals surface area contributed by atoms with E-state index < -0.39 is 0 Å². The summed E-state index contributed by atoms with van der Waals surface area (Å²) in [5.74, 6) is -0.0512. The third-order valence-corrected chi connectivity index (χ3v) is 3.04. The number of nitrogens with one attached hydrogen (secondary N) is 1. The molecule has 2 heterocycles. The minimum Gasteiger partial charge on any atom is -0.389 e. The summed E-state index contributed by atoms with van der Waals surface area (Å²) in [5.41, 5.74) is 0.837. The Morgan fingerprint density at radius 3 is 3.23 bits per heavy atom. The van der Waals surface area contributed by atoms with Crippen LogP contribution >= 0.6 is 11.3 Å². The normalized spacial score (nSPS) is 16.2. The molecule has 2 rings (SSSR count). The van der Waals surface area contributed by atoms with Crippen LogP contribution in [-0.4, -0.2) is 22.5 Å². The minimum absolute atomic E-state index is 0.0512. The summed E-state index contributed by atoms with van der Waals surface area (Å²) in [7, 11) is 0. The van der Waals surface area contributed by atoms with Crippen molar-refractivity contribution in [3.63, 3.8) is 0 Å². The van der Waals surface area contributed by atoms with Gasteiger partial charge in [0.2, 0.25) is 0 Å². The molecule has 0 atom stereocenters. The number of amides is 1. The number of aliphatic hydroxyl groups excluding tert-OH is 1. The molecule has 1 amide bonds. The van der Waals surface area contributed by atoms with E-state index in [0.29, 0.717) is 9.88 Å². The Hall–Kier alpha value is -0.940. The number of carbonyl (C=O) groups excluding carboxylic acids is 1. The van der Waals surface area contributed by atoms with E-state index in [0.717, 1.165) is 25.1 Å². The molecule has 0 aliphatic carbocycles. The molecule has 0 unspecified atom stereocenters. The van der Waals surface area contributed by atoms with Crippen LogP contribution in [0.25, 0.3) is 0 Å². The van der Waals surface area contributed by atoms with E-state index in [1.807, 2.05) is 0 Å². The van der Waals surface area contributed by atoms with E-state index >= 15 is 0 Å². The van der Waals surface area contributed by atoms with Gasteiger partial charge in [0.05, 0.1) is 12.3 Å². The first-order chi connectivity index (χ1) is 6.31. The van der Waals surface area contributed by atoms with Gasteiger partial charge in [-0.1, -0.05) is 0 Å². The first kappa shape index (κ1) is 8.65. The van der Waals surface area contributed by atoms with Crippen LogP contribution in [0.15, 0.2) is 0 Å². The number of carbonyl (C=O) groups is 1. The van der Waals surface area contributed by atoms with Gasteiger partial charge in [0.25, 0.3) is 5.91 Å². The Balaban J connectivity index is 2.39. The van der Waals surface area contributed by atoms with Crippen LogP contribution in [0.1, 0.15) is 26.8 Å². The summed E-state index contributed by atoms with van der Waals surface area (Å²) < 4.78 is 0. The van der Waals surface area contributed by atoms with Crippen molar-refractivity contribution >= 4 is 17.2 Å². The molecule has 1 aromatic heterocycles. The molecular weight excluding hydrogens is 188 g/mol. The molecule has 1 aromatic rings. The SMILES string of the molecule is O=C1NCCCc2nc(CO)sc21. The van der Waals surface area contributed by atoms with Crippen LogP contribution in [-0.2, 0) is 13.0 Å². The predicted molar refractivity (Wildman–Crippen MR) is 48.7 cm³/mol. The number of thiazole rings is 1. The lowest BCUT2D eigenvalue weighted by atomic mass is 10.2. The molecule has 0 aromatic carbocycles. The summed E-state index contributed by atoms with van der Waals surface area (Å²) in [4.78, 5) is 16.3. The van der Waals surface area contributed by atoms with E-state index in [1.54, 1.807) is 0 Å². The zero-order chi connectivity index (χ0) is 9.26. The molecule has 0 bridgehead atoms. The minimum atomic E-state index is -0.0784. The fourth-order valence-electron chi connectivity index (χ4n) is 1.35. The Bertz CT molecular complexity index is 335. The zero-order valence-electron chi connectivity index (χ0n) is 7.04. The standard InChI is InChI=1S/C8H10N2O2S/c11-4-6-10-5-2-1-3-9-8(12)7(5)13-6/h11H,1-4H2,(H,9,12). The summed E-state index contributed by atoms with van der Waals surface area (Å²) >= 11 is 1.28. The van der Waals surface area contributed by atoms with Gasteiger partial charge < -0.3 is 10.4 Å². The largest absolute Gasteiger partial charge is 0.389 e. The second kappa shape index (κ2) is 3.43. The van der Waals surface area contributed by atoms with Crippen molar-refractivity contribution in [3.8, 4) is 0 Å². The monoisotopic (exact) mass is 198 g/mol. The molecule has 0 fully saturated rings. The van der Waals surface area contributed by atoms with Gasteiger partial charge in [-0.05, 0) is 12.8 Å². The second-order valence-corrected chi connectivity index (χ2v) is 3.98. The first-order valence-electron chi connectivity index (χ1n) is 4.19. The Labute approximate surface area is 79.6 Å². The van der Waals surface area contributed by atoms with Crippen molar-refractivity contribution in [2.75, 3.05) is 6.54 Å². The number of aromatic nitrogens is 1. The van der Waals surface area contributed by atoms with Crippen molar-refractivity contribution in [2.24, 2.45) is 0 Å². The lowest BCUT2D eigenvalue weighted by molar-refractivity contribution is 0.0960. The highest BCUT2D eigenvalue weighted by atomic mass is 32.1. The molecule has 2 N–H and O–H groups in total. The van der Waals surface area contributed by atoms with E-state index in [-0.39, 0.29) is 12.5 Å². The van der Waals surface area contributed by atoms with Crippen LogP contribution in [0.3, 0.4) is 0 Å². The molecule has 0 saturated carbocycles. The van der Waals surface area contributed by atoms with Crippen LogP contribution in [0.5, 0.6) is 0 Å². The number of rotatable bonds is 1. The van der Waals surface area contributed by atoms with Crippen molar-refractivity contribution in [1.29, 1.82) is 0 Å². The smallest absolute Gasteiger partial charge is 0.263 e. The number of nitrogens with zero attached hydrogens (tertiary/aromatic N) is 1.